The Hall–Kier alpha value is -3.48. The molecule has 6 nitrogen and oxygen atoms in total. The van der Waals surface area contributed by atoms with Crippen LogP contribution in [0.3, 0.4) is 0 Å². The number of anilines is 4. The molecule has 4 rings (SSSR count). The first-order chi connectivity index (χ1) is 13.0. The number of benzene rings is 2. The van der Waals surface area contributed by atoms with Gasteiger partial charge in [-0.25, -0.2) is 9.37 Å². The maximum atomic E-state index is 14.4. The number of rotatable bonds is 4. The first kappa shape index (κ1) is 17.0. The van der Waals surface area contributed by atoms with Crippen LogP contribution in [0.1, 0.15) is 27.0 Å². The summed E-state index contributed by atoms with van der Waals surface area (Å²) in [6, 6.07) is 10.7. The van der Waals surface area contributed by atoms with Gasteiger partial charge in [-0.05, 0) is 43.2 Å². The van der Waals surface area contributed by atoms with Crippen molar-refractivity contribution in [2.24, 2.45) is 0 Å². The molecular weight excluding hydrogens is 345 g/mol. The van der Waals surface area contributed by atoms with Gasteiger partial charge in [0, 0.05) is 29.6 Å². The second-order valence-electron chi connectivity index (χ2n) is 6.46. The Morgan fingerprint density at radius 2 is 1.89 bits per heavy atom. The maximum absolute atomic E-state index is 14.4. The minimum Gasteiger partial charge on any atom is -0.348 e. The highest BCUT2D eigenvalue weighted by molar-refractivity contribution is 5.99. The third kappa shape index (κ3) is 3.31. The van der Waals surface area contributed by atoms with Gasteiger partial charge >= 0.3 is 0 Å². The molecule has 7 heteroatoms. The van der Waals surface area contributed by atoms with Crippen LogP contribution in [0.25, 0.3) is 0 Å². The molecule has 0 saturated carbocycles. The van der Waals surface area contributed by atoms with Crippen molar-refractivity contribution >= 4 is 29.0 Å². The Kier molecular flexibility index (Phi) is 4.19. The molecule has 136 valence electrons. The summed E-state index contributed by atoms with van der Waals surface area (Å²) in [6.45, 7) is 4.24. The van der Waals surface area contributed by atoms with E-state index in [2.05, 4.69) is 25.9 Å². The number of nitrogens with zero attached hydrogens (tertiary/aromatic N) is 2. The molecule has 1 aliphatic heterocycles. The molecule has 0 atom stereocenters. The van der Waals surface area contributed by atoms with Crippen LogP contribution < -0.4 is 16.0 Å². The number of para-hydroxylation sites is 1. The summed E-state index contributed by atoms with van der Waals surface area (Å²) >= 11 is 0. The summed E-state index contributed by atoms with van der Waals surface area (Å²) in [5.74, 6) is 0.206. The highest BCUT2D eigenvalue weighted by Crippen LogP contribution is 2.27. The van der Waals surface area contributed by atoms with Gasteiger partial charge in [-0.1, -0.05) is 18.2 Å². The van der Waals surface area contributed by atoms with E-state index in [0.29, 0.717) is 23.5 Å². The fourth-order valence-electron chi connectivity index (χ4n) is 2.93. The van der Waals surface area contributed by atoms with Crippen molar-refractivity contribution in [2.75, 3.05) is 10.6 Å². The van der Waals surface area contributed by atoms with E-state index in [1.54, 1.807) is 6.20 Å². The summed E-state index contributed by atoms with van der Waals surface area (Å²) in [5.41, 5.74) is 4.15. The Labute approximate surface area is 155 Å². The predicted octanol–water partition coefficient (Wildman–Crippen LogP) is 3.96. The molecule has 0 unspecified atom stereocenters. The van der Waals surface area contributed by atoms with E-state index in [0.717, 1.165) is 16.8 Å². The summed E-state index contributed by atoms with van der Waals surface area (Å²) in [6.07, 6.45) is 1.66. The Morgan fingerprint density at radius 3 is 2.70 bits per heavy atom. The zero-order valence-corrected chi connectivity index (χ0v) is 14.9. The number of hydrogen-bond acceptors (Lipinski definition) is 5. The average molecular weight is 363 g/mol. The van der Waals surface area contributed by atoms with Gasteiger partial charge in [-0.15, -0.1) is 0 Å². The summed E-state index contributed by atoms with van der Waals surface area (Å²) in [5, 5.41) is 8.83. The molecule has 0 spiro atoms. The highest BCUT2D eigenvalue weighted by Gasteiger charge is 2.21. The number of fused-ring (bicyclic) bond motifs is 1. The zero-order valence-electron chi connectivity index (χ0n) is 14.9. The van der Waals surface area contributed by atoms with Crippen molar-refractivity contribution in [2.45, 2.75) is 20.4 Å². The highest BCUT2D eigenvalue weighted by atomic mass is 19.1. The van der Waals surface area contributed by atoms with Crippen molar-refractivity contribution in [3.63, 3.8) is 0 Å². The van der Waals surface area contributed by atoms with Gasteiger partial charge in [0.25, 0.3) is 5.91 Å². The minimum absolute atomic E-state index is 0.163. The van der Waals surface area contributed by atoms with Crippen LogP contribution in [0.2, 0.25) is 0 Å². The number of carbonyl (C=O) groups excluding carboxylic acids is 1. The second-order valence-corrected chi connectivity index (χ2v) is 6.46. The molecule has 0 radical (unpaired) electrons. The molecule has 0 saturated heterocycles. The Balaban J connectivity index is 1.63. The van der Waals surface area contributed by atoms with Crippen LogP contribution in [-0.2, 0) is 6.54 Å². The van der Waals surface area contributed by atoms with Gasteiger partial charge in [-0.2, -0.15) is 4.98 Å². The van der Waals surface area contributed by atoms with Crippen molar-refractivity contribution in [3.05, 3.63) is 70.7 Å². The lowest BCUT2D eigenvalue weighted by atomic mass is 10.1. The molecule has 27 heavy (non-hydrogen) atoms. The van der Waals surface area contributed by atoms with Crippen molar-refractivity contribution < 1.29 is 9.18 Å². The largest absolute Gasteiger partial charge is 0.348 e. The van der Waals surface area contributed by atoms with E-state index in [1.807, 2.05) is 38.1 Å². The average Bonchev–Trinajstić information content (AvgIpc) is 3.00. The molecule has 2 aromatic carbocycles. The molecule has 0 bridgehead atoms. The summed E-state index contributed by atoms with van der Waals surface area (Å²) in [4.78, 5) is 20.5. The van der Waals surface area contributed by atoms with Gasteiger partial charge in [0.05, 0.1) is 5.69 Å². The summed E-state index contributed by atoms with van der Waals surface area (Å²) < 4.78 is 14.4. The molecule has 0 fully saturated rings. The van der Waals surface area contributed by atoms with Crippen LogP contribution >= 0.6 is 0 Å². The molecular formula is C20H18FN5O. The molecule has 3 aromatic rings. The fraction of sp³-hybridized carbons (Fsp3) is 0.150. The van der Waals surface area contributed by atoms with Crippen LogP contribution in [0, 0.1) is 19.7 Å². The van der Waals surface area contributed by atoms with Crippen LogP contribution in [0.5, 0.6) is 0 Å². The van der Waals surface area contributed by atoms with Crippen molar-refractivity contribution in [3.8, 4) is 0 Å². The Bertz CT molecular complexity index is 1050. The quantitative estimate of drug-likeness (QED) is 0.654. The fourth-order valence-corrected chi connectivity index (χ4v) is 2.93. The zero-order chi connectivity index (χ0) is 19.0. The third-order valence-electron chi connectivity index (χ3n) is 4.49. The minimum atomic E-state index is -0.456. The van der Waals surface area contributed by atoms with Gasteiger partial charge < -0.3 is 16.0 Å². The van der Waals surface area contributed by atoms with Crippen LogP contribution in [-0.4, -0.2) is 15.9 Å². The standard InChI is InChI=1S/C20H18FN5O/c1-11-5-3-4-6-16(11)24-18-12(2)9-23-20(26-18)25-17-8-14-13(7-15(17)21)10-22-19(14)27/h3-9H,10H2,1-2H3,(H,22,27)(H2,23,24,25,26). The lowest BCUT2D eigenvalue weighted by Gasteiger charge is -2.13. The van der Waals surface area contributed by atoms with E-state index >= 15 is 0 Å². The monoisotopic (exact) mass is 363 g/mol. The van der Waals surface area contributed by atoms with E-state index in [4.69, 9.17) is 0 Å². The molecule has 1 aliphatic rings. The van der Waals surface area contributed by atoms with E-state index in [-0.39, 0.29) is 17.5 Å². The van der Waals surface area contributed by atoms with Crippen LogP contribution in [0.15, 0.2) is 42.6 Å². The van der Waals surface area contributed by atoms with Crippen LogP contribution in [0.4, 0.5) is 27.5 Å². The van der Waals surface area contributed by atoms with Crippen molar-refractivity contribution in [1.29, 1.82) is 0 Å². The van der Waals surface area contributed by atoms with Gasteiger partial charge in [0.15, 0.2) is 0 Å². The normalized spacial score (nSPS) is 12.5. The first-order valence-corrected chi connectivity index (χ1v) is 8.55. The number of carbonyl (C=O) groups is 1. The lowest BCUT2D eigenvalue weighted by molar-refractivity contribution is 0.0966. The van der Waals surface area contributed by atoms with Gasteiger partial charge in [0.2, 0.25) is 5.95 Å². The molecule has 3 N–H and O–H groups in total. The third-order valence-corrected chi connectivity index (χ3v) is 4.49. The van der Waals surface area contributed by atoms with Gasteiger partial charge in [-0.3, -0.25) is 4.79 Å². The topological polar surface area (TPSA) is 78.9 Å². The smallest absolute Gasteiger partial charge is 0.251 e. The van der Waals surface area contributed by atoms with Crippen molar-refractivity contribution in [1.82, 2.24) is 15.3 Å². The first-order valence-electron chi connectivity index (χ1n) is 8.55. The van der Waals surface area contributed by atoms with E-state index in [1.165, 1.54) is 12.1 Å². The molecule has 0 aliphatic carbocycles. The number of aryl methyl sites for hydroxylation is 2. The predicted molar refractivity (Wildman–Crippen MR) is 102 cm³/mol. The number of amides is 1. The Morgan fingerprint density at radius 1 is 1.07 bits per heavy atom. The number of hydrogen-bond donors (Lipinski definition) is 3. The van der Waals surface area contributed by atoms with Gasteiger partial charge in [0.1, 0.15) is 11.6 Å². The lowest BCUT2D eigenvalue weighted by Crippen LogP contribution is -2.12. The number of nitrogens with one attached hydrogen (secondary N) is 3. The summed E-state index contributed by atoms with van der Waals surface area (Å²) in [7, 11) is 0. The van der Waals surface area contributed by atoms with E-state index in [9.17, 15) is 9.18 Å². The SMILES string of the molecule is Cc1ccccc1Nc1nc(Nc2cc3c(cc2F)CNC3=O)ncc1C. The molecule has 1 aromatic heterocycles. The maximum Gasteiger partial charge on any atom is 0.251 e. The second kappa shape index (κ2) is 6.68. The molecule has 2 heterocycles. The van der Waals surface area contributed by atoms with E-state index < -0.39 is 5.82 Å². The number of aromatic nitrogens is 2. The molecule has 1 amide bonds. The number of halogens is 1.